The van der Waals surface area contributed by atoms with Gasteiger partial charge in [0.15, 0.2) is 0 Å². The maximum Gasteiger partial charge on any atom is 0.143 e. The third kappa shape index (κ3) is 4.47. The molecular weight excluding hydrogens is 355 g/mol. The van der Waals surface area contributed by atoms with E-state index >= 15 is 0 Å². The van der Waals surface area contributed by atoms with Gasteiger partial charge in [-0.2, -0.15) is 0 Å². The molecule has 0 amide bonds. The van der Waals surface area contributed by atoms with Crippen molar-refractivity contribution in [3.8, 4) is 11.5 Å². The van der Waals surface area contributed by atoms with Gasteiger partial charge >= 0.3 is 0 Å². The summed E-state index contributed by atoms with van der Waals surface area (Å²) in [6.45, 7) is 4.85. The predicted molar refractivity (Wildman–Crippen MR) is 114 cm³/mol. The summed E-state index contributed by atoms with van der Waals surface area (Å²) in [7, 11) is 1.65. The molecule has 0 spiro atoms. The van der Waals surface area contributed by atoms with E-state index in [1.165, 1.54) is 6.07 Å². The smallest absolute Gasteiger partial charge is 0.143 e. The van der Waals surface area contributed by atoms with E-state index in [9.17, 15) is 4.39 Å². The number of methoxy groups -OCH3 is 1. The van der Waals surface area contributed by atoms with Crippen LogP contribution in [0.3, 0.4) is 0 Å². The van der Waals surface area contributed by atoms with Crippen molar-refractivity contribution in [1.29, 1.82) is 0 Å². The summed E-state index contributed by atoms with van der Waals surface area (Å²) in [6, 6.07) is 11.1. The van der Waals surface area contributed by atoms with Crippen LogP contribution in [0.1, 0.15) is 37.3 Å². The molecule has 150 valence electrons. The molecule has 0 unspecified atom stereocenters. The highest BCUT2D eigenvalue weighted by atomic mass is 19.1. The molecule has 4 nitrogen and oxygen atoms in total. The minimum Gasteiger partial charge on any atom is -0.497 e. The third-order valence-corrected chi connectivity index (χ3v) is 4.93. The number of hydrogen-bond acceptors (Lipinski definition) is 4. The summed E-state index contributed by atoms with van der Waals surface area (Å²) in [5.74, 6) is 1.33. The lowest BCUT2D eigenvalue weighted by Crippen LogP contribution is -2.30. The summed E-state index contributed by atoms with van der Waals surface area (Å²) < 4.78 is 26.0. The maximum absolute atomic E-state index is 14.8. The Morgan fingerprint density at radius 3 is 2.57 bits per heavy atom. The molecule has 0 radical (unpaired) electrons. The Bertz CT molecular complexity index is 818. The zero-order valence-electron chi connectivity index (χ0n) is 16.7. The number of nitrogens with zero attached hydrogens (tertiary/aromatic N) is 1. The van der Waals surface area contributed by atoms with E-state index in [-0.39, 0.29) is 5.82 Å². The Balaban J connectivity index is 2.01. The van der Waals surface area contributed by atoms with E-state index < -0.39 is 0 Å². The van der Waals surface area contributed by atoms with Crippen LogP contribution in [0.4, 0.5) is 10.1 Å². The molecule has 1 aliphatic heterocycles. The van der Waals surface area contributed by atoms with Crippen LogP contribution in [0, 0.1) is 5.82 Å². The highest BCUT2D eigenvalue weighted by Crippen LogP contribution is 2.41. The molecule has 0 aliphatic carbocycles. The monoisotopic (exact) mass is 384 g/mol. The zero-order valence-corrected chi connectivity index (χ0v) is 16.7. The molecule has 2 N–H and O–H groups in total. The molecule has 2 aromatic carbocycles. The Morgan fingerprint density at radius 1 is 1.11 bits per heavy atom. The van der Waals surface area contributed by atoms with Gasteiger partial charge in [0.05, 0.1) is 19.4 Å². The van der Waals surface area contributed by atoms with Crippen LogP contribution >= 0.6 is 0 Å². The molecule has 0 aromatic heterocycles. The first kappa shape index (κ1) is 20.2. The van der Waals surface area contributed by atoms with Crippen LogP contribution in [0.5, 0.6) is 11.5 Å². The molecule has 28 heavy (non-hydrogen) atoms. The fourth-order valence-corrected chi connectivity index (χ4v) is 3.48. The molecule has 0 fully saturated rings. The van der Waals surface area contributed by atoms with Gasteiger partial charge in [0.1, 0.15) is 17.3 Å². The van der Waals surface area contributed by atoms with E-state index in [0.29, 0.717) is 25.3 Å². The Morgan fingerprint density at radius 2 is 1.89 bits per heavy atom. The second-order valence-corrected chi connectivity index (χ2v) is 6.97. The second kappa shape index (κ2) is 9.60. The van der Waals surface area contributed by atoms with Gasteiger partial charge < -0.3 is 20.1 Å². The predicted octanol–water partition coefficient (Wildman–Crippen LogP) is 4.72. The van der Waals surface area contributed by atoms with Crippen LogP contribution in [0.2, 0.25) is 0 Å². The fourth-order valence-electron chi connectivity index (χ4n) is 3.48. The van der Waals surface area contributed by atoms with Crippen molar-refractivity contribution in [1.82, 2.24) is 0 Å². The number of hydrogen-bond donors (Lipinski definition) is 1. The first-order chi connectivity index (χ1) is 13.7. The number of halogens is 1. The average molecular weight is 384 g/mol. The van der Waals surface area contributed by atoms with E-state index in [2.05, 4.69) is 11.8 Å². The zero-order chi connectivity index (χ0) is 19.9. The lowest BCUT2D eigenvalue weighted by atomic mass is 9.95. The second-order valence-electron chi connectivity index (χ2n) is 6.97. The fraction of sp³-hybridized carbons (Fsp3) is 0.391. The maximum atomic E-state index is 14.8. The molecule has 5 heteroatoms. The normalized spacial score (nSPS) is 13.1. The van der Waals surface area contributed by atoms with Gasteiger partial charge in [0.25, 0.3) is 0 Å². The Labute approximate surface area is 166 Å². The number of ether oxygens (including phenoxy) is 2. The van der Waals surface area contributed by atoms with Crippen LogP contribution in [0.15, 0.2) is 36.4 Å². The van der Waals surface area contributed by atoms with Crippen LogP contribution in [-0.2, 0) is 0 Å². The van der Waals surface area contributed by atoms with E-state index in [4.69, 9.17) is 15.2 Å². The van der Waals surface area contributed by atoms with E-state index in [0.717, 1.165) is 54.1 Å². The van der Waals surface area contributed by atoms with Gasteiger partial charge in [0.2, 0.25) is 0 Å². The number of rotatable bonds is 9. The third-order valence-electron chi connectivity index (χ3n) is 4.93. The Kier molecular flexibility index (Phi) is 6.93. The number of nitrogens with two attached hydrogens (primary N) is 1. The quantitative estimate of drug-likeness (QED) is 0.636. The summed E-state index contributed by atoms with van der Waals surface area (Å²) in [5, 5.41) is 0. The first-order valence-electron chi connectivity index (χ1n) is 9.93. The van der Waals surface area contributed by atoms with Crippen molar-refractivity contribution in [2.75, 3.05) is 38.3 Å². The largest absolute Gasteiger partial charge is 0.497 e. The minimum absolute atomic E-state index is 0.228. The van der Waals surface area contributed by atoms with Gasteiger partial charge in [-0.1, -0.05) is 19.1 Å². The molecule has 1 heterocycles. The van der Waals surface area contributed by atoms with Gasteiger partial charge in [-0.25, -0.2) is 4.39 Å². The lowest BCUT2D eigenvalue weighted by molar-refractivity contribution is 0.317. The number of fused-ring (bicyclic) bond motifs is 1. The summed E-state index contributed by atoms with van der Waals surface area (Å²) in [5.41, 5.74) is 9.27. The summed E-state index contributed by atoms with van der Waals surface area (Å²) >= 11 is 0. The molecule has 3 rings (SSSR count). The highest BCUT2D eigenvalue weighted by Gasteiger charge is 2.25. The van der Waals surface area contributed by atoms with Gasteiger partial charge in [0, 0.05) is 18.7 Å². The number of anilines is 1. The van der Waals surface area contributed by atoms with Crippen molar-refractivity contribution in [2.45, 2.75) is 26.2 Å². The highest BCUT2D eigenvalue weighted by molar-refractivity contribution is 5.93. The van der Waals surface area contributed by atoms with Gasteiger partial charge in [-0.3, -0.25) is 0 Å². The van der Waals surface area contributed by atoms with Gasteiger partial charge in [-0.05, 0) is 67.3 Å². The topological polar surface area (TPSA) is 47.7 Å². The standard InChI is InChI=1S/C23H29FN2O2/c1-3-14-28-22-11-10-21(24)20-15-18(17-6-8-19(27-2)9-7-17)16-26(23(20)22)13-5-4-12-25/h6-11,15H,3-5,12-14,16,25H2,1-2H3. The molecule has 2 aromatic rings. The molecule has 0 saturated carbocycles. The first-order valence-corrected chi connectivity index (χ1v) is 9.93. The number of benzene rings is 2. The van der Waals surface area contributed by atoms with Gasteiger partial charge in [-0.15, -0.1) is 0 Å². The van der Waals surface area contributed by atoms with Crippen molar-refractivity contribution in [3.63, 3.8) is 0 Å². The molecule has 0 atom stereocenters. The van der Waals surface area contributed by atoms with Crippen molar-refractivity contribution >= 4 is 17.3 Å². The summed E-state index contributed by atoms with van der Waals surface area (Å²) in [4.78, 5) is 2.22. The van der Waals surface area contributed by atoms with Crippen molar-refractivity contribution < 1.29 is 13.9 Å². The number of unbranched alkanes of at least 4 members (excludes halogenated alkanes) is 1. The molecule has 0 bridgehead atoms. The van der Waals surface area contributed by atoms with Crippen molar-refractivity contribution in [2.24, 2.45) is 5.73 Å². The minimum atomic E-state index is -0.228. The van der Waals surface area contributed by atoms with E-state index in [1.54, 1.807) is 13.2 Å². The van der Waals surface area contributed by atoms with Crippen LogP contribution in [0.25, 0.3) is 11.6 Å². The Hall–Kier alpha value is -2.53. The molecule has 1 aliphatic rings. The molecule has 0 saturated heterocycles. The van der Waals surface area contributed by atoms with E-state index in [1.807, 2.05) is 30.3 Å². The summed E-state index contributed by atoms with van der Waals surface area (Å²) in [6.07, 6.45) is 4.75. The lowest BCUT2D eigenvalue weighted by Gasteiger charge is -2.33. The molecular formula is C23H29FN2O2. The SMILES string of the molecule is CCCOc1ccc(F)c2c1N(CCCCN)CC(c1ccc(OC)cc1)=C2. The average Bonchev–Trinajstić information content (AvgIpc) is 2.73. The van der Waals surface area contributed by atoms with Crippen LogP contribution < -0.4 is 20.1 Å². The van der Waals surface area contributed by atoms with Crippen molar-refractivity contribution in [3.05, 3.63) is 53.3 Å². The van der Waals surface area contributed by atoms with Crippen LogP contribution in [-0.4, -0.2) is 33.4 Å².